The molecule has 0 atom stereocenters. The molecule has 2 aromatic carbocycles. The van der Waals surface area contributed by atoms with E-state index in [-0.39, 0.29) is 0 Å². The molecular formula is C18H16F3N5. The van der Waals surface area contributed by atoms with E-state index in [1.807, 2.05) is 42.2 Å². The number of anilines is 4. The van der Waals surface area contributed by atoms with Crippen molar-refractivity contribution in [3.05, 3.63) is 66.4 Å². The first-order valence-corrected chi connectivity index (χ1v) is 7.94. The second-order valence-electron chi connectivity index (χ2n) is 5.42. The van der Waals surface area contributed by atoms with Crippen LogP contribution in [0, 0.1) is 0 Å². The fourth-order valence-electron chi connectivity index (χ4n) is 2.41. The van der Waals surface area contributed by atoms with E-state index in [2.05, 4.69) is 20.5 Å². The lowest BCUT2D eigenvalue weighted by molar-refractivity contribution is -0.137. The molecular weight excluding hydrogens is 343 g/mol. The summed E-state index contributed by atoms with van der Waals surface area (Å²) in [5.41, 5.74) is 0.696. The van der Waals surface area contributed by atoms with Crippen LogP contribution in [0.4, 0.5) is 36.3 Å². The summed E-state index contributed by atoms with van der Waals surface area (Å²) in [5, 5.41) is 10.9. The summed E-state index contributed by atoms with van der Waals surface area (Å²) in [7, 11) is 0. The van der Waals surface area contributed by atoms with Crippen LogP contribution in [0.15, 0.2) is 60.8 Å². The Morgan fingerprint density at radius 1 is 1.00 bits per heavy atom. The zero-order chi connectivity index (χ0) is 18.6. The molecule has 1 heterocycles. The van der Waals surface area contributed by atoms with Gasteiger partial charge in [-0.2, -0.15) is 23.3 Å². The molecule has 3 rings (SSSR count). The summed E-state index contributed by atoms with van der Waals surface area (Å²) in [4.78, 5) is 6.29. The van der Waals surface area contributed by atoms with Gasteiger partial charge in [-0.15, -0.1) is 5.10 Å². The summed E-state index contributed by atoms with van der Waals surface area (Å²) < 4.78 is 37.9. The molecule has 0 bridgehead atoms. The number of rotatable bonds is 5. The summed E-state index contributed by atoms with van der Waals surface area (Å²) in [5.74, 6) is 0.791. The number of halogens is 3. The van der Waals surface area contributed by atoms with Crippen LogP contribution in [0.2, 0.25) is 0 Å². The Kier molecular flexibility index (Phi) is 5.01. The van der Waals surface area contributed by atoms with E-state index in [0.717, 1.165) is 17.8 Å². The molecule has 0 unspecified atom stereocenters. The summed E-state index contributed by atoms with van der Waals surface area (Å²) >= 11 is 0. The molecule has 134 valence electrons. The van der Waals surface area contributed by atoms with E-state index in [0.29, 0.717) is 24.0 Å². The molecule has 0 aliphatic rings. The van der Waals surface area contributed by atoms with Gasteiger partial charge in [0.15, 0.2) is 5.82 Å². The molecule has 8 heteroatoms. The van der Waals surface area contributed by atoms with Gasteiger partial charge >= 0.3 is 6.18 Å². The van der Waals surface area contributed by atoms with Crippen LogP contribution in [0.25, 0.3) is 0 Å². The van der Waals surface area contributed by atoms with Gasteiger partial charge in [0.2, 0.25) is 0 Å². The van der Waals surface area contributed by atoms with E-state index >= 15 is 0 Å². The first kappa shape index (κ1) is 17.7. The van der Waals surface area contributed by atoms with Crippen LogP contribution >= 0.6 is 0 Å². The minimum Gasteiger partial charge on any atom is -0.339 e. The highest BCUT2D eigenvalue weighted by atomic mass is 19.4. The molecule has 0 saturated heterocycles. The molecule has 26 heavy (non-hydrogen) atoms. The lowest BCUT2D eigenvalue weighted by Gasteiger charge is -2.20. The van der Waals surface area contributed by atoms with Crippen molar-refractivity contribution in [3.63, 3.8) is 0 Å². The van der Waals surface area contributed by atoms with Crippen molar-refractivity contribution in [2.75, 3.05) is 16.8 Å². The number of nitrogens with one attached hydrogen (secondary N) is 1. The third kappa shape index (κ3) is 4.08. The highest BCUT2D eigenvalue weighted by Gasteiger charge is 2.29. The lowest BCUT2D eigenvalue weighted by atomic mass is 10.2. The van der Waals surface area contributed by atoms with Gasteiger partial charge in [-0.1, -0.05) is 18.2 Å². The number of benzene rings is 2. The van der Waals surface area contributed by atoms with E-state index in [9.17, 15) is 13.2 Å². The van der Waals surface area contributed by atoms with Gasteiger partial charge in [-0.25, -0.2) is 0 Å². The van der Waals surface area contributed by atoms with Crippen LogP contribution in [-0.4, -0.2) is 21.7 Å². The van der Waals surface area contributed by atoms with Crippen molar-refractivity contribution in [2.45, 2.75) is 13.1 Å². The van der Waals surface area contributed by atoms with Crippen molar-refractivity contribution in [1.82, 2.24) is 15.2 Å². The largest absolute Gasteiger partial charge is 0.416 e. The number of aromatic nitrogens is 3. The normalized spacial score (nSPS) is 11.2. The predicted molar refractivity (Wildman–Crippen MR) is 93.7 cm³/mol. The molecule has 3 aromatic rings. The molecule has 0 aliphatic carbocycles. The monoisotopic (exact) mass is 359 g/mol. The minimum atomic E-state index is -4.36. The van der Waals surface area contributed by atoms with Crippen molar-refractivity contribution < 1.29 is 13.2 Å². The molecule has 0 fully saturated rings. The zero-order valence-corrected chi connectivity index (χ0v) is 13.9. The Hall–Kier alpha value is -3.16. The van der Waals surface area contributed by atoms with E-state index in [4.69, 9.17) is 0 Å². The lowest BCUT2D eigenvalue weighted by Crippen LogP contribution is -2.19. The summed E-state index contributed by atoms with van der Waals surface area (Å²) in [6.07, 6.45) is -2.94. The Morgan fingerprint density at radius 2 is 1.69 bits per heavy atom. The van der Waals surface area contributed by atoms with Crippen LogP contribution in [-0.2, 0) is 6.18 Å². The highest BCUT2D eigenvalue weighted by Crippen LogP contribution is 2.30. The fraction of sp³-hybridized carbons (Fsp3) is 0.167. The smallest absolute Gasteiger partial charge is 0.339 e. The first-order chi connectivity index (χ1) is 12.5. The third-order valence-electron chi connectivity index (χ3n) is 3.66. The van der Waals surface area contributed by atoms with Gasteiger partial charge in [0.1, 0.15) is 0 Å². The van der Waals surface area contributed by atoms with E-state index in [1.54, 1.807) is 0 Å². The molecule has 5 nitrogen and oxygen atoms in total. The molecule has 0 amide bonds. The van der Waals surface area contributed by atoms with Crippen molar-refractivity contribution in [1.29, 1.82) is 0 Å². The maximum Gasteiger partial charge on any atom is 0.416 e. The van der Waals surface area contributed by atoms with Crippen LogP contribution in [0.1, 0.15) is 12.5 Å². The fourth-order valence-corrected chi connectivity index (χ4v) is 2.41. The van der Waals surface area contributed by atoms with Crippen LogP contribution in [0.3, 0.4) is 0 Å². The van der Waals surface area contributed by atoms with Gasteiger partial charge in [0.05, 0.1) is 11.8 Å². The maximum atomic E-state index is 12.6. The molecule has 0 aliphatic heterocycles. The predicted octanol–water partition coefficient (Wildman–Crippen LogP) is 4.79. The SMILES string of the molecule is CCN(c1ccccc1)c1nncc(Nc2ccc(C(F)(F)F)cc2)n1. The summed E-state index contributed by atoms with van der Waals surface area (Å²) in [6.45, 7) is 2.60. The Morgan fingerprint density at radius 3 is 2.31 bits per heavy atom. The van der Waals surface area contributed by atoms with Gasteiger partial charge in [-0.05, 0) is 43.3 Å². The number of para-hydroxylation sites is 1. The molecule has 1 N–H and O–H groups in total. The quantitative estimate of drug-likeness (QED) is 0.710. The summed E-state index contributed by atoms with van der Waals surface area (Å²) in [6, 6.07) is 14.3. The zero-order valence-electron chi connectivity index (χ0n) is 13.9. The number of hydrogen-bond acceptors (Lipinski definition) is 5. The van der Waals surface area contributed by atoms with Crippen molar-refractivity contribution in [2.24, 2.45) is 0 Å². The minimum absolute atomic E-state index is 0.393. The molecule has 0 spiro atoms. The van der Waals surface area contributed by atoms with Crippen molar-refractivity contribution in [3.8, 4) is 0 Å². The Balaban J connectivity index is 1.81. The average Bonchev–Trinajstić information content (AvgIpc) is 2.63. The van der Waals surface area contributed by atoms with E-state index < -0.39 is 11.7 Å². The average molecular weight is 359 g/mol. The molecule has 1 aromatic heterocycles. The molecule has 0 radical (unpaired) electrons. The van der Waals surface area contributed by atoms with Gasteiger partial charge in [-0.3, -0.25) is 0 Å². The first-order valence-electron chi connectivity index (χ1n) is 7.94. The number of nitrogens with zero attached hydrogens (tertiary/aromatic N) is 4. The van der Waals surface area contributed by atoms with Gasteiger partial charge in [0, 0.05) is 17.9 Å². The van der Waals surface area contributed by atoms with Crippen molar-refractivity contribution >= 4 is 23.1 Å². The standard InChI is InChI=1S/C18H16F3N5/c1-2-26(15-6-4-3-5-7-15)17-24-16(12-22-25-17)23-14-10-8-13(9-11-14)18(19,20)21/h3-12H,2H2,1H3,(H,23,24,25). The highest BCUT2D eigenvalue weighted by molar-refractivity contribution is 5.60. The van der Waals surface area contributed by atoms with Crippen LogP contribution in [0.5, 0.6) is 0 Å². The van der Waals surface area contributed by atoms with Gasteiger partial charge < -0.3 is 10.2 Å². The Labute approximate surface area is 148 Å². The number of hydrogen-bond donors (Lipinski definition) is 1. The van der Waals surface area contributed by atoms with Gasteiger partial charge in [0.25, 0.3) is 5.95 Å². The second-order valence-corrected chi connectivity index (χ2v) is 5.42. The number of alkyl halides is 3. The topological polar surface area (TPSA) is 53.9 Å². The maximum absolute atomic E-state index is 12.6. The third-order valence-corrected chi connectivity index (χ3v) is 3.66. The second kappa shape index (κ2) is 7.38. The molecule has 0 saturated carbocycles. The van der Waals surface area contributed by atoms with E-state index in [1.165, 1.54) is 18.3 Å². The Bertz CT molecular complexity index is 851. The van der Waals surface area contributed by atoms with Crippen LogP contribution < -0.4 is 10.2 Å².